The maximum atomic E-state index is 12.2. The van der Waals surface area contributed by atoms with Crippen LogP contribution in [0.3, 0.4) is 0 Å². The Balaban J connectivity index is 2.78. The number of aryl methyl sites for hydroxylation is 1. The van der Waals surface area contributed by atoms with Crippen LogP contribution in [-0.2, 0) is 0 Å². The smallest absolute Gasteiger partial charge is 0.253 e. The number of benzene rings is 1. The summed E-state index contributed by atoms with van der Waals surface area (Å²) >= 11 is 0. The molecule has 5 nitrogen and oxygen atoms in total. The number of oxime groups is 1. The molecule has 0 fully saturated rings. The van der Waals surface area contributed by atoms with Crippen molar-refractivity contribution in [2.45, 2.75) is 20.3 Å². The van der Waals surface area contributed by atoms with E-state index >= 15 is 0 Å². The monoisotopic (exact) mass is 249 g/mol. The lowest BCUT2D eigenvalue weighted by Gasteiger charge is -2.18. The van der Waals surface area contributed by atoms with Gasteiger partial charge in [-0.05, 0) is 31.0 Å². The van der Waals surface area contributed by atoms with Crippen molar-refractivity contribution in [3.63, 3.8) is 0 Å². The van der Waals surface area contributed by atoms with E-state index in [-0.39, 0.29) is 11.7 Å². The topological polar surface area (TPSA) is 78.9 Å². The second kappa shape index (κ2) is 6.05. The van der Waals surface area contributed by atoms with Crippen LogP contribution in [0.1, 0.15) is 27.9 Å². The highest BCUT2D eigenvalue weighted by Crippen LogP contribution is 2.14. The second-order valence-corrected chi connectivity index (χ2v) is 4.32. The van der Waals surface area contributed by atoms with Gasteiger partial charge in [-0.1, -0.05) is 17.3 Å². The molecule has 0 aromatic heterocycles. The van der Waals surface area contributed by atoms with Crippen LogP contribution in [-0.4, -0.2) is 35.4 Å². The molecule has 18 heavy (non-hydrogen) atoms. The minimum Gasteiger partial charge on any atom is -0.409 e. The molecule has 0 saturated carbocycles. The maximum Gasteiger partial charge on any atom is 0.253 e. The van der Waals surface area contributed by atoms with Crippen LogP contribution < -0.4 is 5.73 Å². The van der Waals surface area contributed by atoms with Crippen molar-refractivity contribution in [2.24, 2.45) is 10.9 Å². The van der Waals surface area contributed by atoms with Gasteiger partial charge in [-0.15, -0.1) is 0 Å². The van der Waals surface area contributed by atoms with E-state index in [1.165, 1.54) is 0 Å². The number of nitrogens with two attached hydrogens (primary N) is 1. The van der Waals surface area contributed by atoms with Crippen LogP contribution in [0.15, 0.2) is 23.4 Å². The van der Waals surface area contributed by atoms with Crippen molar-refractivity contribution < 1.29 is 10.0 Å². The van der Waals surface area contributed by atoms with E-state index in [2.05, 4.69) is 5.16 Å². The number of carbonyl (C=O) groups excluding carboxylic acids is 1. The Labute approximate surface area is 107 Å². The van der Waals surface area contributed by atoms with E-state index in [0.717, 1.165) is 11.1 Å². The lowest BCUT2D eigenvalue weighted by molar-refractivity contribution is 0.0797. The van der Waals surface area contributed by atoms with E-state index in [0.29, 0.717) is 18.5 Å². The van der Waals surface area contributed by atoms with Crippen LogP contribution in [0.4, 0.5) is 0 Å². The van der Waals surface area contributed by atoms with Gasteiger partial charge >= 0.3 is 0 Å². The molecule has 98 valence electrons. The molecule has 1 amide bonds. The van der Waals surface area contributed by atoms with Crippen molar-refractivity contribution in [3.8, 4) is 0 Å². The first-order valence-electron chi connectivity index (χ1n) is 5.75. The minimum atomic E-state index is -0.0538. The number of carbonyl (C=O) groups is 1. The fourth-order valence-electron chi connectivity index (χ4n) is 1.62. The third-order valence-electron chi connectivity index (χ3n) is 3.01. The van der Waals surface area contributed by atoms with Gasteiger partial charge in [0.1, 0.15) is 5.84 Å². The summed E-state index contributed by atoms with van der Waals surface area (Å²) in [4.78, 5) is 13.8. The SMILES string of the molecule is Cc1cccc(C(=O)N(C)CC/C(N)=N/O)c1C. The Morgan fingerprint density at radius 3 is 2.72 bits per heavy atom. The number of amides is 1. The van der Waals surface area contributed by atoms with Crippen LogP contribution in [0.25, 0.3) is 0 Å². The predicted molar refractivity (Wildman–Crippen MR) is 70.9 cm³/mol. The third-order valence-corrected chi connectivity index (χ3v) is 3.01. The summed E-state index contributed by atoms with van der Waals surface area (Å²) < 4.78 is 0. The van der Waals surface area contributed by atoms with Crippen molar-refractivity contribution in [2.75, 3.05) is 13.6 Å². The second-order valence-electron chi connectivity index (χ2n) is 4.32. The highest BCUT2D eigenvalue weighted by Gasteiger charge is 2.14. The molecule has 0 radical (unpaired) electrons. The first kappa shape index (κ1) is 14.0. The molecule has 0 atom stereocenters. The summed E-state index contributed by atoms with van der Waals surface area (Å²) in [5.74, 6) is 0.0672. The molecule has 0 aliphatic rings. The zero-order chi connectivity index (χ0) is 13.7. The van der Waals surface area contributed by atoms with Crippen LogP contribution in [0, 0.1) is 13.8 Å². The predicted octanol–water partition coefficient (Wildman–Crippen LogP) is 1.51. The maximum absolute atomic E-state index is 12.2. The minimum absolute atomic E-state index is 0.0538. The Bertz CT molecular complexity index is 469. The molecule has 0 saturated heterocycles. The van der Waals surface area contributed by atoms with Crippen molar-refractivity contribution in [1.82, 2.24) is 4.90 Å². The quantitative estimate of drug-likeness (QED) is 0.367. The van der Waals surface area contributed by atoms with Crippen molar-refractivity contribution in [1.29, 1.82) is 0 Å². The molecule has 0 unspecified atom stereocenters. The highest BCUT2D eigenvalue weighted by atomic mass is 16.4. The number of amidine groups is 1. The molecular weight excluding hydrogens is 230 g/mol. The largest absolute Gasteiger partial charge is 0.409 e. The molecule has 0 spiro atoms. The molecule has 3 N–H and O–H groups in total. The summed E-state index contributed by atoms with van der Waals surface area (Å²) in [7, 11) is 1.70. The summed E-state index contributed by atoms with van der Waals surface area (Å²) in [5.41, 5.74) is 8.14. The molecule has 0 heterocycles. The van der Waals surface area contributed by atoms with E-state index in [1.54, 1.807) is 11.9 Å². The molecule has 0 aliphatic heterocycles. The fraction of sp³-hybridized carbons (Fsp3) is 0.385. The summed E-state index contributed by atoms with van der Waals surface area (Å²) in [5, 5.41) is 11.3. The number of nitrogens with zero attached hydrogens (tertiary/aromatic N) is 2. The lowest BCUT2D eigenvalue weighted by Crippen LogP contribution is -2.31. The summed E-state index contributed by atoms with van der Waals surface area (Å²) in [6, 6.07) is 5.65. The fourth-order valence-corrected chi connectivity index (χ4v) is 1.62. The van der Waals surface area contributed by atoms with Gasteiger partial charge in [-0.25, -0.2) is 0 Å². The van der Waals surface area contributed by atoms with E-state index in [9.17, 15) is 4.79 Å². The van der Waals surface area contributed by atoms with Gasteiger partial charge in [0.25, 0.3) is 5.91 Å². The first-order valence-corrected chi connectivity index (χ1v) is 5.75. The average Bonchev–Trinajstić information content (AvgIpc) is 2.37. The van der Waals surface area contributed by atoms with Gasteiger partial charge in [0.2, 0.25) is 0 Å². The number of hydrogen-bond acceptors (Lipinski definition) is 3. The normalized spacial score (nSPS) is 11.4. The van der Waals surface area contributed by atoms with Crippen LogP contribution in [0.2, 0.25) is 0 Å². The molecule has 0 aliphatic carbocycles. The van der Waals surface area contributed by atoms with Crippen molar-refractivity contribution >= 4 is 11.7 Å². The molecule has 1 aromatic carbocycles. The Morgan fingerprint density at radius 1 is 1.44 bits per heavy atom. The van der Waals surface area contributed by atoms with Gasteiger partial charge in [-0.3, -0.25) is 4.79 Å². The summed E-state index contributed by atoms with van der Waals surface area (Å²) in [6.07, 6.45) is 0.351. The van der Waals surface area contributed by atoms with Crippen LogP contribution in [0.5, 0.6) is 0 Å². The number of hydrogen-bond donors (Lipinski definition) is 2. The molecule has 1 rings (SSSR count). The highest BCUT2D eigenvalue weighted by molar-refractivity contribution is 5.96. The van der Waals surface area contributed by atoms with Gasteiger partial charge < -0.3 is 15.8 Å². The lowest BCUT2D eigenvalue weighted by atomic mass is 10.0. The number of rotatable bonds is 4. The Hall–Kier alpha value is -2.04. The molecule has 5 heteroatoms. The van der Waals surface area contributed by atoms with Gasteiger partial charge in [0, 0.05) is 25.6 Å². The standard InChI is InChI=1S/C13H19N3O2/c1-9-5-4-6-11(10(9)2)13(17)16(3)8-7-12(14)15-18/h4-6,18H,7-8H2,1-3H3,(H2,14,15). The van der Waals surface area contributed by atoms with Crippen LogP contribution >= 0.6 is 0 Å². The Kier molecular flexibility index (Phi) is 4.71. The zero-order valence-corrected chi connectivity index (χ0v) is 11.0. The average molecular weight is 249 g/mol. The Morgan fingerprint density at radius 2 is 2.11 bits per heavy atom. The van der Waals surface area contributed by atoms with Gasteiger partial charge in [0.15, 0.2) is 0 Å². The molecule has 1 aromatic rings. The van der Waals surface area contributed by atoms with Gasteiger partial charge in [0.05, 0.1) is 0 Å². The first-order chi connectivity index (χ1) is 8.47. The van der Waals surface area contributed by atoms with E-state index < -0.39 is 0 Å². The van der Waals surface area contributed by atoms with E-state index in [1.807, 2.05) is 32.0 Å². The summed E-state index contributed by atoms with van der Waals surface area (Å²) in [6.45, 7) is 4.32. The van der Waals surface area contributed by atoms with E-state index in [4.69, 9.17) is 10.9 Å². The zero-order valence-electron chi connectivity index (χ0n) is 11.0. The van der Waals surface area contributed by atoms with Crippen molar-refractivity contribution in [3.05, 3.63) is 34.9 Å². The van der Waals surface area contributed by atoms with Gasteiger partial charge in [-0.2, -0.15) is 0 Å². The molecular formula is C13H19N3O2. The molecule has 0 bridgehead atoms. The third kappa shape index (κ3) is 3.23.